The number of ether oxygens (including phenoxy) is 3. The Bertz CT molecular complexity index is 1400. The van der Waals surface area contributed by atoms with E-state index in [9.17, 15) is 34.9 Å². The van der Waals surface area contributed by atoms with Crippen LogP contribution < -0.4 is 5.48 Å². The molecule has 3 aliphatic carbocycles. The fourth-order valence-corrected chi connectivity index (χ4v) is 9.58. The number of nitrogens with one attached hydrogen (secondary N) is 1. The van der Waals surface area contributed by atoms with Crippen LogP contribution in [0.25, 0.3) is 0 Å². The van der Waals surface area contributed by atoms with E-state index < -0.39 is 81.6 Å². The van der Waals surface area contributed by atoms with Crippen LogP contribution in [0, 0.1) is 28.1 Å². The van der Waals surface area contributed by atoms with Gasteiger partial charge in [0.05, 0.1) is 23.7 Å². The molecule has 1 aromatic rings. The van der Waals surface area contributed by atoms with Gasteiger partial charge in [0.15, 0.2) is 11.9 Å². The van der Waals surface area contributed by atoms with Gasteiger partial charge in [-0.15, -0.1) is 0 Å². The molecule has 0 unspecified atom stereocenters. The van der Waals surface area contributed by atoms with Crippen molar-refractivity contribution in [2.75, 3.05) is 13.1 Å². The molecule has 251 valence electrons. The highest BCUT2D eigenvalue weighted by Gasteiger charge is 2.73. The van der Waals surface area contributed by atoms with Crippen LogP contribution in [0.5, 0.6) is 0 Å². The molecule has 4 aliphatic rings. The van der Waals surface area contributed by atoms with Gasteiger partial charge in [-0.3, -0.25) is 9.59 Å². The maximum Gasteiger partial charge on any atom is 0.335 e. The summed E-state index contributed by atoms with van der Waals surface area (Å²) in [7, 11) is 1.56. The average molecular weight is 641 g/mol. The highest BCUT2D eigenvalue weighted by atomic mass is 16.6. The Morgan fingerprint density at radius 1 is 1.15 bits per heavy atom. The number of hydrogen-bond acceptors (Lipinski definition) is 11. The first kappa shape index (κ1) is 34.7. The number of carbonyl (C=O) groups is 3. The van der Waals surface area contributed by atoms with Gasteiger partial charge in [0.1, 0.15) is 25.6 Å². The lowest BCUT2D eigenvalue weighted by atomic mass is 9.40. The first-order chi connectivity index (χ1) is 21.5. The van der Waals surface area contributed by atoms with Gasteiger partial charge in [-0.05, 0) is 54.7 Å². The Kier molecular flexibility index (Phi) is 9.15. The topological polar surface area (TPSA) is 172 Å². The van der Waals surface area contributed by atoms with Gasteiger partial charge in [-0.25, -0.2) is 10.3 Å². The third-order valence-electron chi connectivity index (χ3n) is 12.0. The Morgan fingerprint density at radius 2 is 1.80 bits per heavy atom. The van der Waals surface area contributed by atoms with Crippen molar-refractivity contribution < 1.29 is 49.1 Å². The van der Waals surface area contributed by atoms with E-state index in [0.717, 1.165) is 0 Å². The van der Waals surface area contributed by atoms with Crippen LogP contribution in [0.1, 0.15) is 72.7 Å². The van der Waals surface area contributed by atoms with Crippen LogP contribution in [0.3, 0.4) is 0 Å². The fourth-order valence-electron chi connectivity index (χ4n) is 9.58. The number of hydrogen-bond donors (Lipinski definition) is 5. The maximum atomic E-state index is 14.7. The molecule has 3 fully saturated rings. The van der Waals surface area contributed by atoms with Crippen molar-refractivity contribution in [2.24, 2.45) is 28.1 Å². The minimum absolute atomic E-state index is 0.00582. The van der Waals surface area contributed by atoms with Gasteiger partial charge in [-0.1, -0.05) is 58.0 Å². The fraction of sp³-hybridized carbons (Fsp3) is 0.676. The SMILES string of the molecule is CC(=O)O[C@H]1C[C@H]2OC[C@@]2(C)[C@H]2[C@H](C)[C@]3(O)C[C@H](OC(=O)[C@H](O)[C@@H]([B]CNO)c4ccccc4)C(C)=C([C@@H](O)C(=O)[C@]12C)C3(C)C. The van der Waals surface area contributed by atoms with E-state index >= 15 is 0 Å². The molecule has 1 heterocycles. The molecule has 11 atom stereocenters. The van der Waals surface area contributed by atoms with E-state index in [1.54, 1.807) is 65.3 Å². The summed E-state index contributed by atoms with van der Waals surface area (Å²) in [6.45, 7) is 12.5. The smallest absolute Gasteiger partial charge is 0.335 e. The summed E-state index contributed by atoms with van der Waals surface area (Å²) in [6, 6.07) is 8.84. The minimum Gasteiger partial charge on any atom is -0.461 e. The molecule has 46 heavy (non-hydrogen) atoms. The van der Waals surface area contributed by atoms with E-state index in [0.29, 0.717) is 17.7 Å². The second-order valence-corrected chi connectivity index (χ2v) is 14.7. The number of hydroxylamine groups is 1. The molecule has 2 bridgehead atoms. The van der Waals surface area contributed by atoms with Gasteiger partial charge in [0.2, 0.25) is 0 Å². The molecule has 0 aromatic heterocycles. The van der Waals surface area contributed by atoms with Crippen molar-refractivity contribution in [1.82, 2.24) is 5.48 Å². The van der Waals surface area contributed by atoms with Crippen LogP contribution in [0.15, 0.2) is 41.5 Å². The van der Waals surface area contributed by atoms with E-state index in [1.807, 2.05) is 19.3 Å². The quantitative estimate of drug-likeness (QED) is 0.122. The van der Waals surface area contributed by atoms with Crippen LogP contribution in [-0.4, -0.2) is 94.7 Å². The Labute approximate surface area is 270 Å². The van der Waals surface area contributed by atoms with Crippen molar-refractivity contribution in [3.63, 3.8) is 0 Å². The van der Waals surface area contributed by atoms with Crippen molar-refractivity contribution in [2.45, 2.75) is 103 Å². The van der Waals surface area contributed by atoms with Crippen LogP contribution in [0.4, 0.5) is 0 Å². The normalized spacial score (nSPS) is 39.4. The molecule has 1 saturated heterocycles. The Hall–Kier alpha value is -2.61. The van der Waals surface area contributed by atoms with Gasteiger partial charge in [-0.2, -0.15) is 0 Å². The molecule has 1 radical (unpaired) electrons. The summed E-state index contributed by atoms with van der Waals surface area (Å²) in [5.41, 5.74) is -1.36. The molecule has 11 nitrogen and oxygen atoms in total. The zero-order valence-corrected chi connectivity index (χ0v) is 27.6. The van der Waals surface area contributed by atoms with E-state index in [-0.39, 0.29) is 31.0 Å². The van der Waals surface area contributed by atoms with Crippen molar-refractivity contribution in [3.8, 4) is 0 Å². The third kappa shape index (κ3) is 5.07. The van der Waals surface area contributed by atoms with Crippen molar-refractivity contribution in [3.05, 3.63) is 47.0 Å². The molecule has 5 rings (SSSR count). The number of aliphatic hydroxyl groups is 3. The summed E-state index contributed by atoms with van der Waals surface area (Å²) in [6.07, 6.45) is -5.37. The monoisotopic (exact) mass is 640 g/mol. The Morgan fingerprint density at radius 3 is 2.37 bits per heavy atom. The lowest BCUT2D eigenvalue weighted by Gasteiger charge is -2.68. The molecule has 1 aromatic carbocycles. The number of benzene rings is 1. The maximum absolute atomic E-state index is 14.7. The predicted molar refractivity (Wildman–Crippen MR) is 166 cm³/mol. The first-order valence-corrected chi connectivity index (χ1v) is 16.0. The minimum atomic E-state index is -1.69. The summed E-state index contributed by atoms with van der Waals surface area (Å²) in [5.74, 6) is -4.03. The number of aliphatic hydroxyl groups excluding tert-OH is 2. The van der Waals surface area contributed by atoms with Crippen LogP contribution in [-0.2, 0) is 28.6 Å². The predicted octanol–water partition coefficient (Wildman–Crippen LogP) is 2.06. The molecule has 1 aliphatic heterocycles. The highest BCUT2D eigenvalue weighted by molar-refractivity contribution is 6.39. The number of fused-ring (bicyclic) bond motifs is 5. The zero-order chi connectivity index (χ0) is 34.0. The van der Waals surface area contributed by atoms with Gasteiger partial charge in [0.25, 0.3) is 0 Å². The number of rotatable bonds is 8. The molecule has 12 heteroatoms. The summed E-state index contributed by atoms with van der Waals surface area (Å²) < 4.78 is 17.7. The second kappa shape index (κ2) is 12.1. The summed E-state index contributed by atoms with van der Waals surface area (Å²) in [4.78, 5) is 40.5. The molecular formula is C34H47BNO10. The van der Waals surface area contributed by atoms with Gasteiger partial charge < -0.3 is 34.7 Å². The molecule has 5 N–H and O–H groups in total. The summed E-state index contributed by atoms with van der Waals surface area (Å²) in [5, 5.41) is 45.3. The second-order valence-electron chi connectivity index (χ2n) is 14.7. The van der Waals surface area contributed by atoms with Gasteiger partial charge in [0, 0.05) is 30.6 Å². The molecule has 0 spiro atoms. The first-order valence-electron chi connectivity index (χ1n) is 16.0. The lowest BCUT2D eigenvalue weighted by Crippen LogP contribution is -2.75. The molecular weight excluding hydrogens is 593 g/mol. The summed E-state index contributed by atoms with van der Waals surface area (Å²) >= 11 is 0. The number of ketones is 1. The number of esters is 2. The number of Topliss-reactive ketones (excluding diaryl/α,β-unsaturated/α-hetero) is 1. The van der Waals surface area contributed by atoms with E-state index in [4.69, 9.17) is 14.2 Å². The van der Waals surface area contributed by atoms with E-state index in [1.165, 1.54) is 6.92 Å². The lowest BCUT2D eigenvalue weighted by molar-refractivity contribution is -0.303. The number of carbonyl (C=O) groups excluding carboxylic acids is 3. The highest BCUT2D eigenvalue weighted by Crippen LogP contribution is 2.67. The zero-order valence-electron chi connectivity index (χ0n) is 27.6. The van der Waals surface area contributed by atoms with Gasteiger partial charge >= 0.3 is 11.9 Å². The van der Waals surface area contributed by atoms with Crippen molar-refractivity contribution in [1.29, 1.82) is 0 Å². The van der Waals surface area contributed by atoms with Crippen molar-refractivity contribution >= 4 is 25.0 Å². The van der Waals surface area contributed by atoms with Crippen LogP contribution >= 0.6 is 0 Å². The Balaban J connectivity index is 1.58. The largest absolute Gasteiger partial charge is 0.461 e. The molecule has 2 saturated carbocycles. The molecule has 0 amide bonds. The van der Waals surface area contributed by atoms with Crippen LogP contribution in [0.2, 0.25) is 0 Å². The third-order valence-corrected chi connectivity index (χ3v) is 12.0. The standard InChI is InChI=1S/C34H47BNO10/c1-17-21(46-30(41)27(39)25(35-16-36-43)20-11-9-8-10-12-20)14-34(42)18(2)28-32(6)15-44-22(32)13-23(45-19(3)37)33(28,7)29(40)26(38)24(17)31(34,4)5/h8-12,18,21-23,25-28,36,38-39,42-43H,13-16H2,1-7H3/t18-,21-,22+,23-,25-,26+,27+,28+,32+,33+,34+/m0/s1. The van der Waals surface area contributed by atoms with E-state index in [2.05, 4.69) is 0 Å². The average Bonchev–Trinajstić information content (AvgIpc) is 2.99.